The third-order valence-electron chi connectivity index (χ3n) is 3.31. The quantitative estimate of drug-likeness (QED) is 0.392. The van der Waals surface area contributed by atoms with Crippen molar-refractivity contribution in [1.29, 1.82) is 0 Å². The molecule has 0 bridgehead atoms. The van der Waals surface area contributed by atoms with Crippen LogP contribution in [0.3, 0.4) is 0 Å². The highest BCUT2D eigenvalue weighted by Gasteiger charge is 2.20. The lowest BCUT2D eigenvalue weighted by Gasteiger charge is -2.18. The molecule has 0 aliphatic heterocycles. The predicted octanol–water partition coefficient (Wildman–Crippen LogP) is 0.365. The maximum Gasteiger partial charge on any atom is 0.242 e. The van der Waals surface area contributed by atoms with Crippen molar-refractivity contribution in [2.24, 2.45) is 0 Å². The molecule has 0 radical (unpaired) electrons. The Balaban J connectivity index is 2.10. The van der Waals surface area contributed by atoms with Crippen molar-refractivity contribution in [3.8, 4) is 11.4 Å². The van der Waals surface area contributed by atoms with Crippen LogP contribution in [0.15, 0.2) is 41.6 Å². The zero-order chi connectivity index (χ0) is 18.5. The lowest BCUT2D eigenvalue weighted by Crippen LogP contribution is -2.39. The molecule has 0 aliphatic rings. The summed E-state index contributed by atoms with van der Waals surface area (Å²) < 4.78 is 27.5. The van der Waals surface area contributed by atoms with Gasteiger partial charge in [0.25, 0.3) is 0 Å². The van der Waals surface area contributed by atoms with E-state index in [-0.39, 0.29) is 17.1 Å². The van der Waals surface area contributed by atoms with Crippen molar-refractivity contribution in [2.45, 2.75) is 24.3 Å². The van der Waals surface area contributed by atoms with Gasteiger partial charge in [0, 0.05) is 37.6 Å². The number of hydrogen-bond donors (Lipinski definition) is 4. The third kappa shape index (κ3) is 5.46. The lowest BCUT2D eigenvalue weighted by atomic mass is 10.1. The Morgan fingerprint density at radius 1 is 1.16 bits per heavy atom. The molecule has 9 heteroatoms. The Kier molecular flexibility index (Phi) is 6.07. The normalized spacial score (nSPS) is 12.3. The van der Waals surface area contributed by atoms with E-state index in [1.165, 1.54) is 6.07 Å². The van der Waals surface area contributed by atoms with Gasteiger partial charge in [-0.3, -0.25) is 0 Å². The molecule has 1 heterocycles. The number of nitrogens with zero attached hydrogens (tertiary/aromatic N) is 2. The zero-order valence-electron chi connectivity index (χ0n) is 14.2. The van der Waals surface area contributed by atoms with Gasteiger partial charge in [-0.2, -0.15) is 0 Å². The highest BCUT2D eigenvalue weighted by atomic mass is 32.2. The highest BCUT2D eigenvalue weighted by Crippen LogP contribution is 2.28. The molecule has 0 saturated carbocycles. The fourth-order valence-electron chi connectivity index (χ4n) is 2.16. The van der Waals surface area contributed by atoms with Crippen molar-refractivity contribution in [2.75, 3.05) is 25.4 Å². The summed E-state index contributed by atoms with van der Waals surface area (Å²) in [6.07, 6.45) is 3.13. The molecule has 5 N–H and O–H groups in total. The average Bonchev–Trinajstić information content (AvgIpc) is 2.54. The smallest absolute Gasteiger partial charge is 0.242 e. The van der Waals surface area contributed by atoms with Crippen LogP contribution in [0.2, 0.25) is 0 Å². The SMILES string of the molecule is CC(C)(O)CNCCNS(=O)(=O)c1cccc(-c2ncccn2)c1N. The second-order valence-electron chi connectivity index (χ2n) is 6.18. The van der Waals surface area contributed by atoms with Crippen LogP contribution in [-0.2, 0) is 10.0 Å². The molecular weight excluding hydrogens is 342 g/mol. The molecule has 25 heavy (non-hydrogen) atoms. The molecule has 0 aliphatic carbocycles. The Hall–Kier alpha value is -2.07. The van der Waals surface area contributed by atoms with Gasteiger partial charge in [-0.25, -0.2) is 23.1 Å². The minimum absolute atomic E-state index is 0.0139. The topological polar surface area (TPSA) is 130 Å². The van der Waals surface area contributed by atoms with Crippen molar-refractivity contribution in [3.05, 3.63) is 36.7 Å². The fourth-order valence-corrected chi connectivity index (χ4v) is 3.34. The van der Waals surface area contributed by atoms with E-state index in [1.54, 1.807) is 44.4 Å². The summed E-state index contributed by atoms with van der Waals surface area (Å²) in [4.78, 5) is 8.19. The lowest BCUT2D eigenvalue weighted by molar-refractivity contribution is 0.0802. The first kappa shape index (κ1) is 19.3. The Bertz CT molecular complexity index is 804. The number of nitrogens with one attached hydrogen (secondary N) is 2. The molecule has 1 aromatic carbocycles. The standard InChI is InChI=1S/C16H23N5O3S/c1-16(2,22)11-18-9-10-21-25(23,24)13-6-3-5-12(14(13)17)15-19-7-4-8-20-15/h3-8,18,21-22H,9-11,17H2,1-2H3. The fraction of sp³-hybridized carbons (Fsp3) is 0.375. The van der Waals surface area contributed by atoms with E-state index < -0.39 is 15.6 Å². The van der Waals surface area contributed by atoms with Gasteiger partial charge in [0.2, 0.25) is 10.0 Å². The average molecular weight is 365 g/mol. The maximum absolute atomic E-state index is 12.5. The molecular formula is C16H23N5O3S. The molecule has 136 valence electrons. The van der Waals surface area contributed by atoms with E-state index >= 15 is 0 Å². The van der Waals surface area contributed by atoms with Gasteiger partial charge in [0.15, 0.2) is 5.82 Å². The van der Waals surface area contributed by atoms with Gasteiger partial charge in [-0.05, 0) is 32.0 Å². The van der Waals surface area contributed by atoms with E-state index in [0.29, 0.717) is 24.5 Å². The van der Waals surface area contributed by atoms with Crippen LogP contribution in [0, 0.1) is 0 Å². The van der Waals surface area contributed by atoms with E-state index in [1.807, 2.05) is 0 Å². The van der Waals surface area contributed by atoms with Crippen LogP contribution < -0.4 is 15.8 Å². The second kappa shape index (κ2) is 7.87. The number of nitrogens with two attached hydrogens (primary N) is 1. The van der Waals surface area contributed by atoms with Crippen molar-refractivity contribution >= 4 is 15.7 Å². The van der Waals surface area contributed by atoms with Gasteiger partial charge in [-0.15, -0.1) is 0 Å². The van der Waals surface area contributed by atoms with E-state index in [0.717, 1.165) is 0 Å². The highest BCUT2D eigenvalue weighted by molar-refractivity contribution is 7.89. The number of para-hydroxylation sites is 1. The van der Waals surface area contributed by atoms with Crippen molar-refractivity contribution in [1.82, 2.24) is 20.0 Å². The van der Waals surface area contributed by atoms with Gasteiger partial charge in [0.05, 0.1) is 11.3 Å². The third-order valence-corrected chi connectivity index (χ3v) is 4.83. The second-order valence-corrected chi connectivity index (χ2v) is 7.91. The summed E-state index contributed by atoms with van der Waals surface area (Å²) in [7, 11) is -3.77. The summed E-state index contributed by atoms with van der Waals surface area (Å²) in [5, 5.41) is 12.6. The van der Waals surface area contributed by atoms with Gasteiger partial charge >= 0.3 is 0 Å². The summed E-state index contributed by atoms with van der Waals surface area (Å²) >= 11 is 0. The molecule has 0 saturated heterocycles. The number of anilines is 1. The summed E-state index contributed by atoms with van der Waals surface area (Å²) in [5.41, 5.74) is 5.75. The van der Waals surface area contributed by atoms with Crippen LogP contribution >= 0.6 is 0 Å². The summed E-state index contributed by atoms with van der Waals surface area (Å²) in [6.45, 7) is 4.25. The van der Waals surface area contributed by atoms with Gasteiger partial charge in [0.1, 0.15) is 4.90 Å². The van der Waals surface area contributed by atoms with Crippen LogP contribution in [0.1, 0.15) is 13.8 Å². The monoisotopic (exact) mass is 365 g/mol. The Morgan fingerprint density at radius 2 is 1.84 bits per heavy atom. The molecule has 8 nitrogen and oxygen atoms in total. The number of benzene rings is 1. The maximum atomic E-state index is 12.5. The molecule has 1 aromatic heterocycles. The van der Waals surface area contributed by atoms with Crippen LogP contribution in [0.5, 0.6) is 0 Å². The first-order chi connectivity index (χ1) is 11.7. The first-order valence-corrected chi connectivity index (χ1v) is 9.28. The molecule has 2 aromatic rings. The summed E-state index contributed by atoms with van der Waals surface area (Å²) in [6, 6.07) is 6.38. The van der Waals surface area contributed by atoms with Crippen molar-refractivity contribution in [3.63, 3.8) is 0 Å². The number of aliphatic hydroxyl groups is 1. The minimum Gasteiger partial charge on any atom is -0.397 e. The molecule has 2 rings (SSSR count). The molecule has 0 spiro atoms. The molecule has 0 amide bonds. The number of hydrogen-bond acceptors (Lipinski definition) is 7. The summed E-state index contributed by atoms with van der Waals surface area (Å²) in [5.74, 6) is 0.365. The number of nitrogen functional groups attached to an aromatic ring is 1. The van der Waals surface area contributed by atoms with Crippen LogP contribution in [0.25, 0.3) is 11.4 Å². The van der Waals surface area contributed by atoms with Crippen LogP contribution in [-0.4, -0.2) is 48.7 Å². The van der Waals surface area contributed by atoms with Crippen molar-refractivity contribution < 1.29 is 13.5 Å². The predicted molar refractivity (Wildman–Crippen MR) is 96.2 cm³/mol. The largest absolute Gasteiger partial charge is 0.397 e. The van der Waals surface area contributed by atoms with E-state index in [2.05, 4.69) is 20.0 Å². The molecule has 0 atom stereocenters. The number of rotatable bonds is 8. The Labute approximate surface area is 147 Å². The number of aromatic nitrogens is 2. The number of sulfonamides is 1. The van der Waals surface area contributed by atoms with E-state index in [9.17, 15) is 13.5 Å². The Morgan fingerprint density at radius 3 is 2.48 bits per heavy atom. The van der Waals surface area contributed by atoms with E-state index in [4.69, 9.17) is 5.73 Å². The van der Waals surface area contributed by atoms with Gasteiger partial charge < -0.3 is 16.2 Å². The first-order valence-electron chi connectivity index (χ1n) is 7.79. The molecule has 0 unspecified atom stereocenters. The molecule has 0 fully saturated rings. The minimum atomic E-state index is -3.77. The zero-order valence-corrected chi connectivity index (χ0v) is 15.0. The van der Waals surface area contributed by atoms with Gasteiger partial charge in [-0.1, -0.05) is 6.07 Å². The van der Waals surface area contributed by atoms with Crippen LogP contribution in [0.4, 0.5) is 5.69 Å².